The van der Waals surface area contributed by atoms with Crippen LogP contribution in [0.15, 0.2) is 42.5 Å². The molecule has 4 fully saturated rings. The summed E-state index contributed by atoms with van der Waals surface area (Å²) in [5.41, 5.74) is 9.43. The van der Waals surface area contributed by atoms with Gasteiger partial charge >= 0.3 is 0 Å². The van der Waals surface area contributed by atoms with Gasteiger partial charge in [0.25, 0.3) is 5.91 Å². The second-order valence-electron chi connectivity index (χ2n) is 12.9. The number of methoxy groups -OCH3 is 1. The fourth-order valence-corrected chi connectivity index (χ4v) is 7.85. The van der Waals surface area contributed by atoms with E-state index >= 15 is 0 Å². The second-order valence-corrected chi connectivity index (χ2v) is 12.9. The SMILES string of the molecule is CNC(=O)c1cccc(-c2cccc(CN3O[C@@H](CN)[C@H]([C@H](C)O)[C@H]3C(=O)N[C@H]3C[C@H]4C[C@H]([C@@H]3C)C4(C)C)c2OC)c1. The summed E-state index contributed by atoms with van der Waals surface area (Å²) in [7, 11) is 3.21. The first-order valence-electron chi connectivity index (χ1n) is 15.1. The first-order chi connectivity index (χ1) is 20.0. The number of rotatable bonds is 9. The molecule has 8 atom stereocenters. The molecule has 9 heteroatoms. The summed E-state index contributed by atoms with van der Waals surface area (Å²) in [6.45, 7) is 9.07. The quantitative estimate of drug-likeness (QED) is 0.360. The number of aliphatic hydroxyl groups is 1. The predicted octanol–water partition coefficient (Wildman–Crippen LogP) is 3.35. The number of hydrogen-bond donors (Lipinski definition) is 4. The van der Waals surface area contributed by atoms with Crippen molar-refractivity contribution in [2.45, 2.75) is 71.4 Å². The molecule has 0 spiro atoms. The highest BCUT2D eigenvalue weighted by molar-refractivity contribution is 5.95. The van der Waals surface area contributed by atoms with Gasteiger partial charge in [0.15, 0.2) is 0 Å². The summed E-state index contributed by atoms with van der Waals surface area (Å²) in [5.74, 6) is 1.41. The molecule has 1 aliphatic heterocycles. The number of ether oxygens (including phenoxy) is 1. The zero-order valence-electron chi connectivity index (χ0n) is 25.6. The van der Waals surface area contributed by atoms with Gasteiger partial charge in [0.1, 0.15) is 11.8 Å². The molecule has 6 rings (SSSR count). The number of hydroxylamine groups is 2. The molecule has 2 amide bonds. The molecule has 2 aromatic carbocycles. The Morgan fingerprint density at radius 1 is 1.21 bits per heavy atom. The lowest BCUT2D eigenvalue weighted by atomic mass is 9.45. The maximum atomic E-state index is 14.0. The van der Waals surface area contributed by atoms with E-state index in [9.17, 15) is 14.7 Å². The fourth-order valence-electron chi connectivity index (χ4n) is 7.85. The van der Waals surface area contributed by atoms with Crippen LogP contribution in [0.3, 0.4) is 0 Å². The van der Waals surface area contributed by atoms with Crippen molar-refractivity contribution >= 4 is 11.8 Å². The van der Waals surface area contributed by atoms with Crippen LogP contribution in [0, 0.1) is 29.1 Å². The molecular weight excluding hydrogens is 532 g/mol. The van der Waals surface area contributed by atoms with Gasteiger partial charge in [-0.1, -0.05) is 51.1 Å². The molecule has 1 heterocycles. The number of nitrogens with two attached hydrogens (primary N) is 1. The third-order valence-electron chi connectivity index (χ3n) is 10.4. The van der Waals surface area contributed by atoms with Crippen molar-refractivity contribution in [1.82, 2.24) is 15.7 Å². The summed E-state index contributed by atoms with van der Waals surface area (Å²) >= 11 is 0. The molecule has 4 aliphatic rings. The Morgan fingerprint density at radius 3 is 2.57 bits per heavy atom. The van der Waals surface area contributed by atoms with E-state index in [-0.39, 0.29) is 30.9 Å². The van der Waals surface area contributed by atoms with Gasteiger partial charge in [-0.3, -0.25) is 14.4 Å². The zero-order valence-corrected chi connectivity index (χ0v) is 25.6. The molecule has 0 radical (unpaired) electrons. The maximum absolute atomic E-state index is 14.0. The first-order valence-corrected chi connectivity index (χ1v) is 15.1. The van der Waals surface area contributed by atoms with E-state index in [1.165, 1.54) is 6.42 Å². The highest BCUT2D eigenvalue weighted by Gasteiger charge is 2.57. The Labute approximate surface area is 249 Å². The predicted molar refractivity (Wildman–Crippen MR) is 161 cm³/mol. The molecule has 0 aromatic heterocycles. The standard InChI is InChI=1S/C33H46N4O5/c1-18-25-14-23(33(25,3)4)15-26(18)36-32(40)29-28(19(2)38)27(16-34)42-37(29)17-22-11-8-12-24(30(22)41-6)20-9-7-10-21(13-20)31(39)35-5/h7-13,18-19,23,25-29,38H,14-17,34H2,1-6H3,(H,35,39)(H,36,40)/t18-,19-,23+,25+,26-,27-,28-,29-/m0/s1. The van der Waals surface area contributed by atoms with Crippen LogP contribution in [0.1, 0.15) is 56.5 Å². The highest BCUT2D eigenvalue weighted by Crippen LogP contribution is 2.61. The van der Waals surface area contributed by atoms with Crippen molar-refractivity contribution in [3.63, 3.8) is 0 Å². The minimum atomic E-state index is -0.795. The molecule has 2 bridgehead atoms. The van der Waals surface area contributed by atoms with Gasteiger partial charge in [0.05, 0.1) is 25.9 Å². The monoisotopic (exact) mass is 578 g/mol. The molecule has 9 nitrogen and oxygen atoms in total. The van der Waals surface area contributed by atoms with Crippen LogP contribution in [0.2, 0.25) is 0 Å². The van der Waals surface area contributed by atoms with E-state index in [0.717, 1.165) is 23.1 Å². The van der Waals surface area contributed by atoms with E-state index < -0.39 is 24.2 Å². The Morgan fingerprint density at radius 2 is 1.95 bits per heavy atom. The average molecular weight is 579 g/mol. The van der Waals surface area contributed by atoms with Crippen LogP contribution in [-0.4, -0.2) is 67.0 Å². The van der Waals surface area contributed by atoms with E-state index in [4.69, 9.17) is 15.3 Å². The average Bonchev–Trinajstić information content (AvgIpc) is 3.36. The first kappa shape index (κ1) is 30.5. The van der Waals surface area contributed by atoms with Crippen LogP contribution >= 0.6 is 0 Å². The van der Waals surface area contributed by atoms with Gasteiger partial charge in [-0.15, -0.1) is 0 Å². The van der Waals surface area contributed by atoms with Gasteiger partial charge in [-0.25, -0.2) is 0 Å². The van der Waals surface area contributed by atoms with Crippen molar-refractivity contribution in [2.75, 3.05) is 20.7 Å². The molecule has 1 saturated heterocycles. The van der Waals surface area contributed by atoms with Gasteiger partial charge in [-0.2, -0.15) is 5.06 Å². The van der Waals surface area contributed by atoms with Crippen LogP contribution in [0.25, 0.3) is 11.1 Å². The molecule has 2 aromatic rings. The minimum Gasteiger partial charge on any atom is -0.496 e. The van der Waals surface area contributed by atoms with Gasteiger partial charge in [0.2, 0.25) is 5.91 Å². The lowest BCUT2D eigenvalue weighted by molar-refractivity contribution is -0.175. The Balaban J connectivity index is 1.43. The Kier molecular flexibility index (Phi) is 8.67. The number of nitrogens with one attached hydrogen (secondary N) is 2. The van der Waals surface area contributed by atoms with Gasteiger partial charge in [-0.05, 0) is 60.6 Å². The Hall–Kier alpha value is -2.98. The maximum Gasteiger partial charge on any atom is 0.251 e. The smallest absolute Gasteiger partial charge is 0.251 e. The molecule has 3 aliphatic carbocycles. The zero-order chi connectivity index (χ0) is 30.3. The molecule has 42 heavy (non-hydrogen) atoms. The topological polar surface area (TPSA) is 126 Å². The molecule has 0 unspecified atom stereocenters. The number of benzene rings is 2. The number of carbonyl (C=O) groups excluding carboxylic acids is 2. The van der Waals surface area contributed by atoms with Crippen molar-refractivity contribution in [2.24, 2.45) is 34.8 Å². The van der Waals surface area contributed by atoms with Crippen LogP contribution in [0.4, 0.5) is 0 Å². The lowest BCUT2D eigenvalue weighted by Gasteiger charge is -2.62. The van der Waals surface area contributed by atoms with E-state index in [2.05, 4.69) is 31.4 Å². The van der Waals surface area contributed by atoms with Gasteiger partial charge in [0, 0.05) is 42.2 Å². The largest absolute Gasteiger partial charge is 0.496 e. The second kappa shape index (κ2) is 12.0. The fraction of sp³-hybridized carbons (Fsp3) is 0.576. The van der Waals surface area contributed by atoms with Crippen LogP contribution in [-0.2, 0) is 16.2 Å². The molecule has 5 N–H and O–H groups in total. The normalized spacial score (nSPS) is 30.7. The highest BCUT2D eigenvalue weighted by atomic mass is 16.7. The summed E-state index contributed by atoms with van der Waals surface area (Å²) in [5, 5.41) is 18.5. The molecule has 3 saturated carbocycles. The minimum absolute atomic E-state index is 0.0909. The van der Waals surface area contributed by atoms with E-state index in [0.29, 0.717) is 34.5 Å². The Bertz CT molecular complexity index is 1310. The molecule has 228 valence electrons. The molecular formula is C33H46N4O5. The van der Waals surface area contributed by atoms with Crippen molar-refractivity contribution in [3.8, 4) is 16.9 Å². The summed E-state index contributed by atoms with van der Waals surface area (Å²) in [6.07, 6.45) is 0.896. The number of nitrogens with zero attached hydrogens (tertiary/aromatic N) is 1. The van der Waals surface area contributed by atoms with E-state index in [1.807, 2.05) is 36.4 Å². The van der Waals surface area contributed by atoms with Crippen molar-refractivity contribution in [3.05, 3.63) is 53.6 Å². The number of amides is 2. The van der Waals surface area contributed by atoms with Crippen LogP contribution < -0.4 is 21.1 Å². The van der Waals surface area contributed by atoms with Crippen molar-refractivity contribution in [1.29, 1.82) is 0 Å². The van der Waals surface area contributed by atoms with Crippen LogP contribution in [0.5, 0.6) is 5.75 Å². The third kappa shape index (κ3) is 5.32. The number of para-hydroxylation sites is 1. The lowest BCUT2D eigenvalue weighted by Crippen LogP contribution is -2.62. The van der Waals surface area contributed by atoms with Gasteiger partial charge < -0.3 is 26.2 Å². The number of hydrogen-bond acceptors (Lipinski definition) is 7. The third-order valence-corrected chi connectivity index (χ3v) is 10.4. The number of carbonyl (C=O) groups is 2. The number of aliphatic hydroxyl groups excluding tert-OH is 1. The summed E-state index contributed by atoms with van der Waals surface area (Å²) in [6, 6.07) is 12.5. The summed E-state index contributed by atoms with van der Waals surface area (Å²) in [4.78, 5) is 32.6. The summed E-state index contributed by atoms with van der Waals surface area (Å²) < 4.78 is 5.91. The number of fused-ring (bicyclic) bond motifs is 2. The van der Waals surface area contributed by atoms with Crippen molar-refractivity contribution < 1.29 is 24.3 Å². The van der Waals surface area contributed by atoms with E-state index in [1.54, 1.807) is 32.2 Å².